The number of phenols is 2. The normalized spacial score (nSPS) is 9.37. The predicted octanol–water partition coefficient (Wildman–Crippen LogP) is 2.38. The maximum atomic E-state index is 8.67. The molecule has 0 amide bonds. The largest absolute Gasteiger partial charge is 0.631 e. The Morgan fingerprint density at radius 3 is 1.30 bits per heavy atom. The standard InChI is InChI=1S/C15H17N3.C6H6O2.BH3O3/c1-11-7-3-5-9-13(11)18(15(16)17)14-10-6-4-8-12(14)2;7-5-3-1-2-4-6(5)8;2-1(3)4/h3-10H,1-2H3,(H3,16,17);1-4,7-8H;2-4H. The molecular formula is C21H26BN3O5. The van der Waals surface area contributed by atoms with Crippen LogP contribution < -0.4 is 10.6 Å². The van der Waals surface area contributed by atoms with Crippen LogP contribution in [0.1, 0.15) is 11.1 Å². The van der Waals surface area contributed by atoms with Crippen LogP contribution in [0.5, 0.6) is 11.5 Å². The zero-order valence-electron chi connectivity index (χ0n) is 16.8. The molecule has 0 saturated heterocycles. The van der Waals surface area contributed by atoms with Crippen LogP contribution in [0.2, 0.25) is 0 Å². The van der Waals surface area contributed by atoms with E-state index in [-0.39, 0.29) is 17.5 Å². The molecule has 3 aromatic carbocycles. The Kier molecular flexibility index (Phi) is 9.91. The van der Waals surface area contributed by atoms with Crippen molar-refractivity contribution in [2.24, 2.45) is 5.73 Å². The Bertz CT molecular complexity index is 884. The molecule has 0 radical (unpaired) electrons. The highest BCUT2D eigenvalue weighted by Gasteiger charge is 2.15. The molecule has 0 aliphatic carbocycles. The van der Waals surface area contributed by atoms with Gasteiger partial charge in [-0.1, -0.05) is 48.5 Å². The number of rotatable bonds is 2. The molecule has 0 aliphatic rings. The topological polar surface area (TPSA) is 154 Å². The third-order valence-corrected chi connectivity index (χ3v) is 3.84. The van der Waals surface area contributed by atoms with Gasteiger partial charge in [0.15, 0.2) is 17.5 Å². The molecule has 158 valence electrons. The first-order valence-electron chi connectivity index (χ1n) is 8.91. The van der Waals surface area contributed by atoms with Gasteiger partial charge in [0.05, 0.1) is 11.4 Å². The van der Waals surface area contributed by atoms with E-state index in [1.165, 1.54) is 12.1 Å². The molecule has 8 nitrogen and oxygen atoms in total. The van der Waals surface area contributed by atoms with E-state index in [1.54, 1.807) is 17.0 Å². The van der Waals surface area contributed by atoms with Gasteiger partial charge in [-0.15, -0.1) is 0 Å². The summed E-state index contributed by atoms with van der Waals surface area (Å²) in [7, 11) is -2.17. The van der Waals surface area contributed by atoms with E-state index in [0.717, 1.165) is 22.5 Å². The molecule has 0 unspecified atom stereocenters. The highest BCUT2D eigenvalue weighted by molar-refractivity contribution is 6.30. The number of guanidine groups is 1. The molecule has 8 N–H and O–H groups in total. The summed E-state index contributed by atoms with van der Waals surface area (Å²) >= 11 is 0. The predicted molar refractivity (Wildman–Crippen MR) is 119 cm³/mol. The van der Waals surface area contributed by atoms with Crippen LogP contribution in [0.15, 0.2) is 72.8 Å². The number of para-hydroxylation sites is 4. The fraction of sp³-hybridized carbons (Fsp3) is 0.0952. The van der Waals surface area contributed by atoms with Crippen molar-refractivity contribution in [3.8, 4) is 11.5 Å². The molecule has 0 aliphatic heterocycles. The molecule has 0 bridgehead atoms. The van der Waals surface area contributed by atoms with Gasteiger partial charge in [0.1, 0.15) is 0 Å². The second-order valence-corrected chi connectivity index (χ2v) is 6.13. The number of hydrogen-bond acceptors (Lipinski definition) is 6. The third kappa shape index (κ3) is 7.84. The lowest BCUT2D eigenvalue weighted by Crippen LogP contribution is -2.33. The van der Waals surface area contributed by atoms with Crippen LogP contribution >= 0.6 is 0 Å². The number of phenolic OH excluding ortho intramolecular Hbond substituents is 2. The molecule has 3 aromatic rings. The number of nitrogens with zero attached hydrogens (tertiary/aromatic N) is 1. The van der Waals surface area contributed by atoms with Crippen molar-refractivity contribution in [3.05, 3.63) is 83.9 Å². The Morgan fingerprint density at radius 1 is 0.733 bits per heavy atom. The van der Waals surface area contributed by atoms with Gasteiger partial charge in [-0.25, -0.2) is 0 Å². The smallest absolute Gasteiger partial charge is 0.504 e. The average Bonchev–Trinajstić information content (AvgIpc) is 2.67. The highest BCUT2D eigenvalue weighted by Crippen LogP contribution is 2.30. The number of nitrogens with two attached hydrogens (primary N) is 1. The number of hydrogen-bond donors (Lipinski definition) is 7. The molecule has 3 rings (SSSR count). The van der Waals surface area contributed by atoms with Crippen molar-refractivity contribution in [2.45, 2.75) is 13.8 Å². The number of nitrogens with one attached hydrogen (secondary N) is 1. The number of aromatic hydroxyl groups is 2. The van der Waals surface area contributed by atoms with Crippen LogP contribution in [-0.4, -0.2) is 38.6 Å². The summed E-state index contributed by atoms with van der Waals surface area (Å²) in [6.45, 7) is 4.03. The van der Waals surface area contributed by atoms with Crippen molar-refractivity contribution in [1.82, 2.24) is 0 Å². The van der Waals surface area contributed by atoms with E-state index in [4.69, 9.17) is 36.4 Å². The first-order valence-corrected chi connectivity index (χ1v) is 8.91. The lowest BCUT2D eigenvalue weighted by atomic mass is 10.1. The lowest BCUT2D eigenvalue weighted by molar-refractivity contribution is 0.278. The average molecular weight is 411 g/mol. The molecule has 0 saturated carbocycles. The Balaban J connectivity index is 0.000000309. The van der Waals surface area contributed by atoms with Gasteiger partial charge in [-0.05, 0) is 49.2 Å². The van der Waals surface area contributed by atoms with Crippen molar-refractivity contribution < 1.29 is 25.3 Å². The van der Waals surface area contributed by atoms with Gasteiger partial charge < -0.3 is 31.0 Å². The molecule has 30 heavy (non-hydrogen) atoms. The summed E-state index contributed by atoms with van der Waals surface area (Å²) in [6.07, 6.45) is 0. The van der Waals surface area contributed by atoms with E-state index < -0.39 is 7.32 Å². The lowest BCUT2D eigenvalue weighted by Gasteiger charge is -2.26. The molecule has 0 aromatic heterocycles. The van der Waals surface area contributed by atoms with Crippen molar-refractivity contribution in [3.63, 3.8) is 0 Å². The van der Waals surface area contributed by atoms with Gasteiger partial charge >= 0.3 is 7.32 Å². The van der Waals surface area contributed by atoms with Gasteiger partial charge in [0.2, 0.25) is 0 Å². The number of anilines is 2. The maximum Gasteiger partial charge on any atom is 0.631 e. The van der Waals surface area contributed by atoms with E-state index in [0.29, 0.717) is 0 Å². The third-order valence-electron chi connectivity index (χ3n) is 3.84. The summed E-state index contributed by atoms with van der Waals surface area (Å²) < 4.78 is 0. The molecular weight excluding hydrogens is 385 g/mol. The number of aryl methyl sites for hydroxylation is 2. The monoisotopic (exact) mass is 411 g/mol. The van der Waals surface area contributed by atoms with E-state index in [2.05, 4.69) is 0 Å². The minimum Gasteiger partial charge on any atom is -0.504 e. The van der Waals surface area contributed by atoms with Crippen LogP contribution in [0.3, 0.4) is 0 Å². The van der Waals surface area contributed by atoms with Crippen molar-refractivity contribution in [1.29, 1.82) is 5.41 Å². The minimum absolute atomic E-state index is 0.0265. The van der Waals surface area contributed by atoms with Crippen LogP contribution in [-0.2, 0) is 0 Å². The molecule has 9 heteroatoms. The second-order valence-electron chi connectivity index (χ2n) is 6.13. The van der Waals surface area contributed by atoms with Crippen LogP contribution in [0, 0.1) is 19.3 Å². The van der Waals surface area contributed by atoms with Gasteiger partial charge in [-0.2, -0.15) is 0 Å². The van der Waals surface area contributed by atoms with Gasteiger partial charge in [0.25, 0.3) is 0 Å². The molecule has 0 atom stereocenters. The zero-order chi connectivity index (χ0) is 22.7. The summed E-state index contributed by atoms with van der Waals surface area (Å²) in [6, 6.07) is 22.0. The SMILES string of the molecule is Cc1ccccc1N(C(=N)N)c1ccccc1C.OB(O)O.Oc1ccccc1O. The van der Waals surface area contributed by atoms with E-state index >= 15 is 0 Å². The molecule has 0 spiro atoms. The first kappa shape index (κ1) is 24.5. The fourth-order valence-corrected chi connectivity index (χ4v) is 2.48. The summed E-state index contributed by atoms with van der Waals surface area (Å²) in [4.78, 5) is 1.77. The van der Waals surface area contributed by atoms with E-state index in [9.17, 15) is 0 Å². The first-order chi connectivity index (χ1) is 14.1. The quantitative estimate of drug-likeness (QED) is 0.148. The fourth-order valence-electron chi connectivity index (χ4n) is 2.48. The summed E-state index contributed by atoms with van der Waals surface area (Å²) in [5.74, 6) is -0.126. The Morgan fingerprint density at radius 2 is 1.03 bits per heavy atom. The maximum absolute atomic E-state index is 8.67. The molecule has 0 fully saturated rings. The van der Waals surface area contributed by atoms with Crippen molar-refractivity contribution >= 4 is 24.7 Å². The molecule has 0 heterocycles. The summed E-state index contributed by atoms with van der Waals surface area (Å²) in [5.41, 5.74) is 9.82. The summed E-state index contributed by atoms with van der Waals surface area (Å²) in [5, 5.41) is 46.7. The van der Waals surface area contributed by atoms with Crippen molar-refractivity contribution in [2.75, 3.05) is 4.90 Å². The Labute approximate surface area is 175 Å². The van der Waals surface area contributed by atoms with Gasteiger partial charge in [-0.3, -0.25) is 10.3 Å². The highest BCUT2D eigenvalue weighted by atomic mass is 16.5. The van der Waals surface area contributed by atoms with Gasteiger partial charge in [0, 0.05) is 0 Å². The van der Waals surface area contributed by atoms with E-state index in [1.807, 2.05) is 62.4 Å². The van der Waals surface area contributed by atoms with Crippen LogP contribution in [0.25, 0.3) is 0 Å². The minimum atomic E-state index is -2.17. The van der Waals surface area contributed by atoms with Crippen LogP contribution in [0.4, 0.5) is 11.4 Å². The zero-order valence-corrected chi connectivity index (χ0v) is 16.8. The second kappa shape index (κ2) is 12.1. The Hall–Kier alpha value is -3.53. The number of benzene rings is 3.